The van der Waals surface area contributed by atoms with Gasteiger partial charge in [0.2, 0.25) is 5.91 Å². The third kappa shape index (κ3) is 4.21. The highest BCUT2D eigenvalue weighted by Gasteiger charge is 1.98. The second kappa shape index (κ2) is 5.61. The Kier molecular flexibility index (Phi) is 4.43. The van der Waals surface area contributed by atoms with E-state index in [4.69, 9.17) is 0 Å². The van der Waals surface area contributed by atoms with Gasteiger partial charge in [0, 0.05) is 16.7 Å². The van der Waals surface area contributed by atoms with Crippen molar-refractivity contribution in [1.82, 2.24) is 0 Å². The molecule has 0 aliphatic heterocycles. The lowest BCUT2D eigenvalue weighted by Crippen LogP contribution is -2.08. The number of thioether (sulfide) groups is 1. The minimum absolute atomic E-state index is 0.0757. The van der Waals surface area contributed by atoms with E-state index in [9.17, 15) is 4.79 Å². The second-order valence-corrected chi connectivity index (χ2v) is 4.32. The van der Waals surface area contributed by atoms with Crippen molar-refractivity contribution < 1.29 is 4.79 Å². The molecule has 3 heteroatoms. The van der Waals surface area contributed by atoms with Crippen LogP contribution in [0.1, 0.15) is 13.8 Å². The normalized spacial score (nSPS) is 9.53. The fraction of sp³-hybridized carbons (Fsp3) is 0.250. The highest BCUT2D eigenvalue weighted by molar-refractivity contribution is 7.98. The minimum atomic E-state index is -0.0757. The van der Waals surface area contributed by atoms with Crippen molar-refractivity contribution >= 4 is 23.4 Å². The molecular formula is C12H15NOS. The van der Waals surface area contributed by atoms with Crippen LogP contribution in [0, 0.1) is 0 Å². The lowest BCUT2D eigenvalue weighted by Gasteiger charge is -2.04. The quantitative estimate of drug-likeness (QED) is 0.626. The topological polar surface area (TPSA) is 29.1 Å². The predicted molar refractivity (Wildman–Crippen MR) is 66.3 cm³/mol. The zero-order chi connectivity index (χ0) is 11.3. The summed E-state index contributed by atoms with van der Waals surface area (Å²) in [6.45, 7) is 3.80. The zero-order valence-electron chi connectivity index (χ0n) is 9.20. The first-order valence-electron chi connectivity index (χ1n) is 4.72. The summed E-state index contributed by atoms with van der Waals surface area (Å²) in [6, 6.07) is 7.79. The summed E-state index contributed by atoms with van der Waals surface area (Å²) < 4.78 is 0. The summed E-state index contributed by atoms with van der Waals surface area (Å²) in [4.78, 5) is 12.6. The maximum atomic E-state index is 11.4. The van der Waals surface area contributed by atoms with Crippen LogP contribution in [0.5, 0.6) is 0 Å². The first-order valence-corrected chi connectivity index (χ1v) is 5.94. The van der Waals surface area contributed by atoms with E-state index in [0.717, 1.165) is 16.2 Å². The Labute approximate surface area is 94.8 Å². The van der Waals surface area contributed by atoms with Gasteiger partial charge in [-0.2, -0.15) is 0 Å². The van der Waals surface area contributed by atoms with E-state index >= 15 is 0 Å². The van der Waals surface area contributed by atoms with Crippen LogP contribution in [0.2, 0.25) is 0 Å². The van der Waals surface area contributed by atoms with Crippen LogP contribution < -0.4 is 5.32 Å². The van der Waals surface area contributed by atoms with Crippen molar-refractivity contribution in [2.45, 2.75) is 18.7 Å². The number of hydrogen-bond acceptors (Lipinski definition) is 2. The first-order chi connectivity index (χ1) is 7.11. The Bertz CT molecular complexity index is 381. The van der Waals surface area contributed by atoms with E-state index in [0.29, 0.717) is 0 Å². The van der Waals surface area contributed by atoms with Crippen LogP contribution in [0.4, 0.5) is 5.69 Å². The third-order valence-electron chi connectivity index (χ3n) is 1.76. The molecule has 1 amide bonds. The maximum Gasteiger partial charge on any atom is 0.248 e. The van der Waals surface area contributed by atoms with E-state index < -0.39 is 0 Å². The summed E-state index contributed by atoms with van der Waals surface area (Å²) >= 11 is 1.66. The molecule has 80 valence electrons. The molecule has 0 bridgehead atoms. The highest BCUT2D eigenvalue weighted by Crippen LogP contribution is 2.18. The van der Waals surface area contributed by atoms with Crippen molar-refractivity contribution in [3.8, 4) is 0 Å². The van der Waals surface area contributed by atoms with Crippen molar-refractivity contribution in [2.75, 3.05) is 11.6 Å². The van der Waals surface area contributed by atoms with Crippen molar-refractivity contribution in [2.24, 2.45) is 0 Å². The Morgan fingerprint density at radius 2 is 2.13 bits per heavy atom. The largest absolute Gasteiger partial charge is 0.322 e. The summed E-state index contributed by atoms with van der Waals surface area (Å²) in [5, 5.41) is 2.82. The van der Waals surface area contributed by atoms with E-state index in [1.54, 1.807) is 17.8 Å². The molecule has 1 aromatic carbocycles. The molecule has 0 radical (unpaired) electrons. The molecule has 2 nitrogen and oxygen atoms in total. The number of hydrogen-bond donors (Lipinski definition) is 1. The predicted octanol–water partition coefficient (Wildman–Crippen LogP) is 3.31. The van der Waals surface area contributed by atoms with Crippen molar-refractivity contribution in [3.63, 3.8) is 0 Å². The molecular weight excluding hydrogens is 206 g/mol. The van der Waals surface area contributed by atoms with E-state index in [2.05, 4.69) is 5.32 Å². The number of carbonyl (C=O) groups is 1. The van der Waals surface area contributed by atoms with Gasteiger partial charge in [-0.15, -0.1) is 11.8 Å². The van der Waals surface area contributed by atoms with Gasteiger partial charge in [-0.25, -0.2) is 0 Å². The molecule has 15 heavy (non-hydrogen) atoms. The Balaban J connectivity index is 2.72. The van der Waals surface area contributed by atoms with Gasteiger partial charge in [-0.3, -0.25) is 4.79 Å². The Morgan fingerprint density at radius 3 is 2.73 bits per heavy atom. The lowest BCUT2D eigenvalue weighted by molar-refractivity contribution is -0.111. The Morgan fingerprint density at radius 1 is 1.40 bits per heavy atom. The van der Waals surface area contributed by atoms with Crippen LogP contribution >= 0.6 is 11.8 Å². The van der Waals surface area contributed by atoms with Gasteiger partial charge in [-0.1, -0.05) is 11.6 Å². The number of benzene rings is 1. The van der Waals surface area contributed by atoms with E-state index in [1.165, 1.54) is 0 Å². The summed E-state index contributed by atoms with van der Waals surface area (Å²) in [5.41, 5.74) is 1.83. The van der Waals surface area contributed by atoms with E-state index in [-0.39, 0.29) is 5.91 Å². The van der Waals surface area contributed by atoms with Gasteiger partial charge < -0.3 is 5.32 Å². The van der Waals surface area contributed by atoms with Gasteiger partial charge >= 0.3 is 0 Å². The molecule has 0 aliphatic rings. The SMILES string of the molecule is CSc1cccc(NC(=O)C=C(C)C)c1. The van der Waals surface area contributed by atoms with Crippen molar-refractivity contribution in [1.29, 1.82) is 0 Å². The molecule has 1 aromatic rings. The molecule has 1 rings (SSSR count). The van der Waals surface area contributed by atoms with E-state index in [1.807, 2.05) is 44.4 Å². The highest BCUT2D eigenvalue weighted by atomic mass is 32.2. The Hall–Kier alpha value is -1.22. The fourth-order valence-corrected chi connectivity index (χ4v) is 1.60. The average Bonchev–Trinajstić information content (AvgIpc) is 2.16. The van der Waals surface area contributed by atoms with Crippen LogP contribution in [-0.4, -0.2) is 12.2 Å². The number of allylic oxidation sites excluding steroid dienone is 1. The number of carbonyl (C=O) groups excluding carboxylic acids is 1. The van der Waals surface area contributed by atoms with Gasteiger partial charge in [0.05, 0.1) is 0 Å². The molecule has 0 heterocycles. The number of anilines is 1. The van der Waals surface area contributed by atoms with Crippen LogP contribution in [-0.2, 0) is 4.79 Å². The maximum absolute atomic E-state index is 11.4. The van der Waals surface area contributed by atoms with Crippen molar-refractivity contribution in [3.05, 3.63) is 35.9 Å². The second-order valence-electron chi connectivity index (χ2n) is 3.44. The van der Waals surface area contributed by atoms with Crippen LogP contribution in [0.3, 0.4) is 0 Å². The first kappa shape index (κ1) is 11.9. The molecule has 0 atom stereocenters. The fourth-order valence-electron chi connectivity index (χ4n) is 1.14. The van der Waals surface area contributed by atoms with Gasteiger partial charge in [-0.05, 0) is 38.3 Å². The number of amides is 1. The molecule has 1 N–H and O–H groups in total. The molecule has 0 saturated heterocycles. The summed E-state index contributed by atoms with van der Waals surface area (Å²) in [6.07, 6.45) is 3.60. The molecule has 0 fully saturated rings. The third-order valence-corrected chi connectivity index (χ3v) is 2.48. The molecule has 0 aromatic heterocycles. The molecule has 0 aliphatic carbocycles. The zero-order valence-corrected chi connectivity index (χ0v) is 10.0. The molecule has 0 spiro atoms. The average molecular weight is 221 g/mol. The van der Waals surface area contributed by atoms with Gasteiger partial charge in [0.15, 0.2) is 0 Å². The monoisotopic (exact) mass is 221 g/mol. The molecule has 0 unspecified atom stereocenters. The minimum Gasteiger partial charge on any atom is -0.322 e. The van der Waals surface area contributed by atoms with Gasteiger partial charge in [0.1, 0.15) is 0 Å². The van der Waals surface area contributed by atoms with Crippen LogP contribution in [0.25, 0.3) is 0 Å². The number of nitrogens with one attached hydrogen (secondary N) is 1. The smallest absolute Gasteiger partial charge is 0.248 e. The number of rotatable bonds is 3. The van der Waals surface area contributed by atoms with Crippen LogP contribution in [0.15, 0.2) is 40.8 Å². The summed E-state index contributed by atoms with van der Waals surface area (Å²) in [5.74, 6) is -0.0757. The lowest BCUT2D eigenvalue weighted by atomic mass is 10.3. The van der Waals surface area contributed by atoms with Gasteiger partial charge in [0.25, 0.3) is 0 Å². The standard InChI is InChI=1S/C12H15NOS/c1-9(2)7-12(14)13-10-5-4-6-11(8-10)15-3/h4-8H,1-3H3,(H,13,14). The summed E-state index contributed by atoms with van der Waals surface area (Å²) in [7, 11) is 0. The molecule has 0 saturated carbocycles.